The molecule has 4 aliphatic heterocycles. The summed E-state index contributed by atoms with van der Waals surface area (Å²) in [6, 6.07) is 8.21. The van der Waals surface area contributed by atoms with Crippen LogP contribution >= 0.6 is 0 Å². The maximum Gasteiger partial charge on any atom is 0.231 e. The summed E-state index contributed by atoms with van der Waals surface area (Å²) in [5.74, 6) is 3.49. The zero-order chi connectivity index (χ0) is 24.6. The zero-order valence-electron chi connectivity index (χ0n) is 20.8. The molecule has 1 atom stereocenters. The molecule has 0 radical (unpaired) electrons. The monoisotopic (exact) mass is 487 g/mol. The molecule has 0 saturated heterocycles. The maximum atomic E-state index is 13.7. The molecular weight excluding hydrogens is 458 g/mol. The van der Waals surface area contributed by atoms with Gasteiger partial charge in [0.2, 0.25) is 12.5 Å². The Kier molecular flexibility index (Phi) is 4.63. The number of carbonyl (C=O) groups is 1. The number of nitrogens with zero attached hydrogens (tertiary/aromatic N) is 1. The van der Waals surface area contributed by atoms with Crippen LogP contribution in [0.2, 0.25) is 0 Å². The first-order valence-corrected chi connectivity index (χ1v) is 12.6. The van der Waals surface area contributed by atoms with E-state index in [1.165, 1.54) is 5.56 Å². The molecule has 7 nitrogen and oxygen atoms in total. The van der Waals surface area contributed by atoms with Gasteiger partial charge >= 0.3 is 0 Å². The lowest BCUT2D eigenvalue weighted by molar-refractivity contribution is -0.118. The van der Waals surface area contributed by atoms with Crippen LogP contribution in [-0.4, -0.2) is 44.3 Å². The van der Waals surface area contributed by atoms with E-state index >= 15 is 0 Å². The summed E-state index contributed by atoms with van der Waals surface area (Å²) in [4.78, 5) is 16.1. The van der Waals surface area contributed by atoms with Crippen LogP contribution in [0.3, 0.4) is 0 Å². The number of hydrogen-bond donors (Lipinski definition) is 0. The molecular formula is C29H29NO6. The third kappa shape index (κ3) is 3.21. The molecule has 2 aromatic rings. The van der Waals surface area contributed by atoms with Crippen molar-refractivity contribution in [3.63, 3.8) is 0 Å². The first-order chi connectivity index (χ1) is 17.4. The Labute approximate surface area is 210 Å². The lowest BCUT2D eigenvalue weighted by Gasteiger charge is -2.46. The standard InChI is InChI=1S/C29H29NO6/c1-29(2)13-21-27(22(31)14-29)19(17-9-25(32-3)28-26(10-17)33-6-7-34-28)11-20-18-12-24-23(35-15-36-24)8-16(18)4-5-30(20)21/h8-12,19H,4-7,13-15H2,1-3H3/t19-/m1/s1. The van der Waals surface area contributed by atoms with Crippen molar-refractivity contribution in [1.29, 1.82) is 0 Å². The Bertz CT molecular complexity index is 1350. The second-order valence-corrected chi connectivity index (χ2v) is 10.8. The molecule has 7 rings (SSSR count). The molecule has 1 aliphatic carbocycles. The third-order valence-electron chi connectivity index (χ3n) is 7.84. The Balaban J connectivity index is 1.43. The topological polar surface area (TPSA) is 66.5 Å². The molecule has 0 bridgehead atoms. The quantitative estimate of drug-likeness (QED) is 0.601. The molecule has 0 N–H and O–H groups in total. The minimum atomic E-state index is -0.212. The highest BCUT2D eigenvalue weighted by Gasteiger charge is 2.43. The van der Waals surface area contributed by atoms with Crippen molar-refractivity contribution in [3.05, 3.63) is 58.3 Å². The number of carbonyl (C=O) groups excluding carboxylic acids is 1. The van der Waals surface area contributed by atoms with Crippen molar-refractivity contribution in [2.45, 2.75) is 39.0 Å². The van der Waals surface area contributed by atoms with E-state index in [-0.39, 0.29) is 23.9 Å². The van der Waals surface area contributed by atoms with Gasteiger partial charge < -0.3 is 28.6 Å². The highest BCUT2D eigenvalue weighted by atomic mass is 16.7. The number of hydrogen-bond acceptors (Lipinski definition) is 7. The van der Waals surface area contributed by atoms with Gasteiger partial charge in [0, 0.05) is 41.4 Å². The molecule has 0 amide bonds. The van der Waals surface area contributed by atoms with Crippen LogP contribution in [-0.2, 0) is 11.2 Å². The smallest absolute Gasteiger partial charge is 0.231 e. The van der Waals surface area contributed by atoms with E-state index in [1.54, 1.807) is 7.11 Å². The second kappa shape index (κ2) is 7.69. The fourth-order valence-electron chi connectivity index (χ4n) is 6.26. The SMILES string of the molecule is COc1cc([C@H]2C=C3c4cc5c(cc4CCN3C3=C2C(=O)CC(C)(C)C3)OCO5)cc2c1OCCO2. The van der Waals surface area contributed by atoms with Crippen LogP contribution in [0.25, 0.3) is 5.70 Å². The van der Waals surface area contributed by atoms with E-state index in [9.17, 15) is 4.79 Å². The molecule has 2 aromatic carbocycles. The first kappa shape index (κ1) is 21.7. The van der Waals surface area contributed by atoms with Crippen molar-refractivity contribution >= 4 is 11.5 Å². The Morgan fingerprint density at radius 3 is 2.61 bits per heavy atom. The molecule has 0 spiro atoms. The average Bonchev–Trinajstić information content (AvgIpc) is 3.32. The van der Waals surface area contributed by atoms with Gasteiger partial charge in [0.15, 0.2) is 28.8 Å². The third-order valence-corrected chi connectivity index (χ3v) is 7.84. The van der Waals surface area contributed by atoms with Crippen LogP contribution in [0.5, 0.6) is 28.7 Å². The summed E-state index contributed by atoms with van der Waals surface area (Å²) in [5.41, 5.74) is 6.40. The van der Waals surface area contributed by atoms with Gasteiger partial charge in [-0.05, 0) is 59.7 Å². The number of ketones is 1. The number of Topliss-reactive ketones (excluding diaryl/α,β-unsaturated/α-hetero) is 1. The van der Waals surface area contributed by atoms with Crippen molar-refractivity contribution < 1.29 is 28.5 Å². The minimum Gasteiger partial charge on any atom is -0.493 e. The van der Waals surface area contributed by atoms with E-state index in [2.05, 4.69) is 37.0 Å². The Morgan fingerprint density at radius 2 is 1.78 bits per heavy atom. The van der Waals surface area contributed by atoms with Crippen molar-refractivity contribution in [1.82, 2.24) is 4.90 Å². The van der Waals surface area contributed by atoms with Gasteiger partial charge in [0.1, 0.15) is 13.2 Å². The number of allylic oxidation sites excluding steroid dienone is 3. The molecule has 4 heterocycles. The second-order valence-electron chi connectivity index (χ2n) is 10.8. The van der Waals surface area contributed by atoms with E-state index in [1.807, 2.05) is 12.1 Å². The van der Waals surface area contributed by atoms with Gasteiger partial charge in [-0.2, -0.15) is 0 Å². The van der Waals surface area contributed by atoms with Crippen LogP contribution in [0.1, 0.15) is 49.3 Å². The van der Waals surface area contributed by atoms with Gasteiger partial charge in [0.25, 0.3) is 0 Å². The van der Waals surface area contributed by atoms with Crippen molar-refractivity contribution in [3.8, 4) is 28.7 Å². The van der Waals surface area contributed by atoms with E-state index in [4.69, 9.17) is 23.7 Å². The molecule has 186 valence electrons. The van der Waals surface area contributed by atoms with E-state index in [0.717, 1.165) is 59.0 Å². The van der Waals surface area contributed by atoms with Crippen LogP contribution in [0.15, 0.2) is 41.6 Å². The largest absolute Gasteiger partial charge is 0.493 e. The molecule has 0 unspecified atom stereocenters. The number of methoxy groups -OCH3 is 1. The molecule has 36 heavy (non-hydrogen) atoms. The summed E-state index contributed by atoms with van der Waals surface area (Å²) < 4.78 is 28.8. The number of rotatable bonds is 2. The summed E-state index contributed by atoms with van der Waals surface area (Å²) in [6.07, 6.45) is 4.51. The van der Waals surface area contributed by atoms with Gasteiger partial charge in [0.05, 0.1) is 7.11 Å². The van der Waals surface area contributed by atoms with E-state index < -0.39 is 0 Å². The predicted molar refractivity (Wildman–Crippen MR) is 133 cm³/mol. The lowest BCUT2D eigenvalue weighted by atomic mass is 9.69. The average molecular weight is 488 g/mol. The summed E-state index contributed by atoms with van der Waals surface area (Å²) in [6.45, 7) is 6.42. The van der Waals surface area contributed by atoms with Crippen LogP contribution in [0, 0.1) is 5.41 Å². The highest BCUT2D eigenvalue weighted by Crippen LogP contribution is 2.53. The summed E-state index contributed by atoms with van der Waals surface area (Å²) in [5, 5.41) is 0. The number of benzene rings is 2. The molecule has 7 heteroatoms. The fraction of sp³-hybridized carbons (Fsp3) is 0.414. The molecule has 0 aromatic heterocycles. The van der Waals surface area contributed by atoms with Crippen LogP contribution < -0.4 is 23.7 Å². The van der Waals surface area contributed by atoms with Gasteiger partial charge in [-0.25, -0.2) is 0 Å². The lowest BCUT2D eigenvalue weighted by Crippen LogP contribution is -2.40. The minimum absolute atomic E-state index is 0.0947. The van der Waals surface area contributed by atoms with Crippen LogP contribution in [0.4, 0.5) is 0 Å². The first-order valence-electron chi connectivity index (χ1n) is 12.6. The summed E-state index contributed by atoms with van der Waals surface area (Å²) in [7, 11) is 1.64. The fourth-order valence-corrected chi connectivity index (χ4v) is 6.26. The zero-order valence-corrected chi connectivity index (χ0v) is 20.8. The van der Waals surface area contributed by atoms with Gasteiger partial charge in [-0.1, -0.05) is 13.8 Å². The van der Waals surface area contributed by atoms with E-state index in [0.29, 0.717) is 36.9 Å². The van der Waals surface area contributed by atoms with Gasteiger partial charge in [-0.15, -0.1) is 0 Å². The Morgan fingerprint density at radius 1 is 0.972 bits per heavy atom. The molecule has 0 saturated carbocycles. The predicted octanol–water partition coefficient (Wildman–Crippen LogP) is 4.83. The summed E-state index contributed by atoms with van der Waals surface area (Å²) >= 11 is 0. The normalized spacial score (nSPS) is 23.0. The molecule has 0 fully saturated rings. The Hall–Kier alpha value is -3.61. The van der Waals surface area contributed by atoms with Crippen molar-refractivity contribution in [2.75, 3.05) is 33.7 Å². The highest BCUT2D eigenvalue weighted by molar-refractivity contribution is 6.01. The molecule has 5 aliphatic rings. The maximum absolute atomic E-state index is 13.7. The number of fused-ring (bicyclic) bond motifs is 6. The number of ether oxygens (including phenoxy) is 5. The van der Waals surface area contributed by atoms with Crippen molar-refractivity contribution in [2.24, 2.45) is 5.41 Å². The van der Waals surface area contributed by atoms with Gasteiger partial charge in [-0.3, -0.25) is 4.79 Å².